The van der Waals surface area contributed by atoms with E-state index in [0.29, 0.717) is 29.4 Å². The number of amides is 1. The number of aliphatic hydroxyl groups is 1. The Hall–Kier alpha value is -2.80. The molecule has 1 saturated carbocycles. The van der Waals surface area contributed by atoms with Crippen LogP contribution in [0.2, 0.25) is 5.02 Å². The summed E-state index contributed by atoms with van der Waals surface area (Å²) in [4.78, 5) is 18.1. The van der Waals surface area contributed by atoms with E-state index in [2.05, 4.69) is 57.6 Å². The summed E-state index contributed by atoms with van der Waals surface area (Å²) in [6, 6.07) is 19.9. The molecule has 0 bridgehead atoms. The maximum atomic E-state index is 13.5. The molecule has 3 aliphatic rings. The number of ether oxygens (including phenoxy) is 1. The van der Waals surface area contributed by atoms with E-state index in [1.165, 1.54) is 10.8 Å². The first kappa shape index (κ1) is 25.5. The lowest BCUT2D eigenvalue weighted by molar-refractivity contribution is -0.126. The van der Waals surface area contributed by atoms with Gasteiger partial charge in [-0.25, -0.2) is 0 Å². The molecule has 0 spiro atoms. The number of halogens is 1. The van der Waals surface area contributed by atoms with E-state index < -0.39 is 12.1 Å². The second-order valence-corrected chi connectivity index (χ2v) is 11.4. The van der Waals surface area contributed by atoms with Gasteiger partial charge in [-0.3, -0.25) is 4.79 Å². The van der Waals surface area contributed by atoms with Crippen molar-refractivity contribution >= 4 is 34.0 Å². The maximum Gasteiger partial charge on any atom is 0.225 e. The molecule has 7 heteroatoms. The van der Waals surface area contributed by atoms with Crippen molar-refractivity contribution < 1.29 is 14.6 Å². The number of carbonyl (C=O) groups excluding carboxylic acids is 1. The van der Waals surface area contributed by atoms with E-state index in [1.54, 1.807) is 6.07 Å². The van der Waals surface area contributed by atoms with Crippen LogP contribution in [-0.4, -0.2) is 60.8 Å². The average Bonchev–Trinajstić information content (AvgIpc) is 3.37. The molecule has 1 amide bonds. The van der Waals surface area contributed by atoms with Crippen molar-refractivity contribution in [3.8, 4) is 5.75 Å². The van der Waals surface area contributed by atoms with E-state index in [-0.39, 0.29) is 17.9 Å². The standard InChI is InChI=1S/C31H36ClN3O3/c32-27-18-23(8-12-29(27)38-26-10-11-26)30(36)28(20-34-14-3-4-15-34)33-31(37)24-13-16-35(19-24)25-9-7-21-5-1-2-6-22(21)17-25/h1-2,5-9,12,17-18,24,26,28,30,36H,3-4,10-11,13-16,19-20H2,(H,33,37)/t24-,28+,30+/m0/s1. The fourth-order valence-corrected chi connectivity index (χ4v) is 5.98. The molecule has 3 fully saturated rings. The highest BCUT2D eigenvalue weighted by Gasteiger charge is 2.33. The van der Waals surface area contributed by atoms with Crippen LogP contribution in [-0.2, 0) is 4.79 Å². The third-order valence-electron chi connectivity index (χ3n) is 8.14. The van der Waals surface area contributed by atoms with E-state index in [9.17, 15) is 9.90 Å². The Labute approximate surface area is 229 Å². The van der Waals surface area contributed by atoms with Gasteiger partial charge in [0.05, 0.1) is 23.1 Å². The summed E-state index contributed by atoms with van der Waals surface area (Å²) in [5.74, 6) is 0.550. The minimum Gasteiger partial charge on any atom is -0.489 e. The van der Waals surface area contributed by atoms with Gasteiger partial charge < -0.3 is 25.0 Å². The third kappa shape index (κ3) is 5.78. The molecule has 0 aromatic heterocycles. The van der Waals surface area contributed by atoms with Crippen molar-refractivity contribution in [3.05, 3.63) is 71.2 Å². The molecule has 3 aromatic carbocycles. The lowest BCUT2D eigenvalue weighted by Gasteiger charge is -2.30. The predicted octanol–water partition coefficient (Wildman–Crippen LogP) is 5.17. The lowest BCUT2D eigenvalue weighted by atomic mass is 10.00. The molecular formula is C31H36ClN3O3. The molecule has 2 saturated heterocycles. The van der Waals surface area contributed by atoms with Crippen LogP contribution in [0.25, 0.3) is 10.8 Å². The maximum absolute atomic E-state index is 13.5. The van der Waals surface area contributed by atoms with Crippen molar-refractivity contribution in [2.24, 2.45) is 5.92 Å². The third-order valence-corrected chi connectivity index (χ3v) is 8.43. The molecule has 6 nitrogen and oxygen atoms in total. The van der Waals surface area contributed by atoms with Crippen LogP contribution in [0.3, 0.4) is 0 Å². The SMILES string of the molecule is O=C(N[C@H](CN1CCCC1)[C@H](O)c1ccc(OC2CC2)c(Cl)c1)[C@H]1CCN(c2ccc3ccccc3c2)C1. The highest BCUT2D eigenvalue weighted by Crippen LogP contribution is 2.34. The Kier molecular flexibility index (Phi) is 7.46. The smallest absolute Gasteiger partial charge is 0.225 e. The van der Waals surface area contributed by atoms with Gasteiger partial charge in [0.25, 0.3) is 0 Å². The van der Waals surface area contributed by atoms with Crippen molar-refractivity contribution in [2.75, 3.05) is 37.6 Å². The monoisotopic (exact) mass is 533 g/mol. The van der Waals surface area contributed by atoms with Crippen LogP contribution in [0.15, 0.2) is 60.7 Å². The van der Waals surface area contributed by atoms with Crippen LogP contribution in [0.5, 0.6) is 5.75 Å². The Morgan fingerprint density at radius 3 is 2.55 bits per heavy atom. The van der Waals surface area contributed by atoms with Crippen molar-refractivity contribution in [1.82, 2.24) is 10.2 Å². The molecule has 0 radical (unpaired) electrons. The Balaban J connectivity index is 1.14. The van der Waals surface area contributed by atoms with Gasteiger partial charge in [0.15, 0.2) is 0 Å². The van der Waals surface area contributed by atoms with Gasteiger partial charge in [-0.05, 0) is 85.8 Å². The number of nitrogens with one attached hydrogen (secondary N) is 1. The molecule has 2 N–H and O–H groups in total. The molecule has 3 atom stereocenters. The summed E-state index contributed by atoms with van der Waals surface area (Å²) < 4.78 is 5.86. The number of carbonyl (C=O) groups is 1. The van der Waals surface area contributed by atoms with Gasteiger partial charge in [-0.1, -0.05) is 48.0 Å². The molecule has 6 rings (SSSR count). The number of anilines is 1. The number of aliphatic hydroxyl groups excluding tert-OH is 1. The first-order valence-corrected chi connectivity index (χ1v) is 14.3. The number of likely N-dealkylation sites (tertiary alicyclic amines) is 1. The summed E-state index contributed by atoms with van der Waals surface area (Å²) in [6.45, 7) is 4.12. The normalized spacial score (nSPS) is 21.5. The first-order valence-electron chi connectivity index (χ1n) is 13.9. The molecule has 2 aliphatic heterocycles. The van der Waals surface area contributed by atoms with Gasteiger partial charge in [-0.15, -0.1) is 0 Å². The van der Waals surface area contributed by atoms with Crippen LogP contribution >= 0.6 is 11.6 Å². The van der Waals surface area contributed by atoms with Crippen molar-refractivity contribution in [1.29, 1.82) is 0 Å². The highest BCUT2D eigenvalue weighted by molar-refractivity contribution is 6.32. The molecule has 3 aromatic rings. The van der Waals surface area contributed by atoms with Crippen molar-refractivity contribution in [3.63, 3.8) is 0 Å². The molecule has 0 unspecified atom stereocenters. The van der Waals surface area contributed by atoms with Gasteiger partial charge in [-0.2, -0.15) is 0 Å². The fraction of sp³-hybridized carbons (Fsp3) is 0.452. The average molecular weight is 534 g/mol. The van der Waals surface area contributed by atoms with E-state index >= 15 is 0 Å². The second-order valence-electron chi connectivity index (χ2n) is 11.0. The zero-order chi connectivity index (χ0) is 26.1. The van der Waals surface area contributed by atoms with Gasteiger partial charge in [0.1, 0.15) is 11.9 Å². The van der Waals surface area contributed by atoms with Crippen molar-refractivity contribution in [2.45, 2.75) is 50.4 Å². The summed E-state index contributed by atoms with van der Waals surface area (Å²) in [7, 11) is 0. The Morgan fingerprint density at radius 2 is 1.79 bits per heavy atom. The molecule has 38 heavy (non-hydrogen) atoms. The van der Waals surface area contributed by atoms with Crippen LogP contribution in [0, 0.1) is 5.92 Å². The zero-order valence-corrected chi connectivity index (χ0v) is 22.4. The number of nitrogens with zero attached hydrogens (tertiary/aromatic N) is 2. The minimum atomic E-state index is -0.856. The summed E-state index contributed by atoms with van der Waals surface area (Å²) >= 11 is 6.50. The summed E-state index contributed by atoms with van der Waals surface area (Å²) in [6.07, 6.45) is 4.62. The molecule has 200 valence electrons. The van der Waals surface area contributed by atoms with Gasteiger partial charge in [0.2, 0.25) is 5.91 Å². The van der Waals surface area contributed by atoms with E-state index in [1.807, 2.05) is 12.1 Å². The van der Waals surface area contributed by atoms with Crippen LogP contribution < -0.4 is 15.0 Å². The summed E-state index contributed by atoms with van der Waals surface area (Å²) in [5, 5.41) is 17.6. The topological polar surface area (TPSA) is 65.0 Å². The predicted molar refractivity (Wildman–Crippen MR) is 152 cm³/mol. The van der Waals surface area contributed by atoms with Crippen LogP contribution in [0.1, 0.15) is 43.8 Å². The van der Waals surface area contributed by atoms with Gasteiger partial charge in [0, 0.05) is 25.3 Å². The largest absolute Gasteiger partial charge is 0.489 e. The van der Waals surface area contributed by atoms with E-state index in [0.717, 1.165) is 57.4 Å². The lowest BCUT2D eigenvalue weighted by Crippen LogP contribution is -2.48. The van der Waals surface area contributed by atoms with Gasteiger partial charge >= 0.3 is 0 Å². The van der Waals surface area contributed by atoms with E-state index in [4.69, 9.17) is 16.3 Å². The highest BCUT2D eigenvalue weighted by atomic mass is 35.5. The Morgan fingerprint density at radius 1 is 1.00 bits per heavy atom. The number of hydrogen-bond donors (Lipinski definition) is 2. The molecular weight excluding hydrogens is 498 g/mol. The van der Waals surface area contributed by atoms with Crippen LogP contribution in [0.4, 0.5) is 5.69 Å². The Bertz CT molecular complexity index is 1290. The number of hydrogen-bond acceptors (Lipinski definition) is 5. The second kappa shape index (κ2) is 11.1. The molecule has 1 aliphatic carbocycles. The minimum absolute atomic E-state index is 0.0105. The number of rotatable bonds is 9. The molecule has 2 heterocycles. The number of benzene rings is 3. The zero-order valence-electron chi connectivity index (χ0n) is 21.7. The first-order chi connectivity index (χ1) is 18.5. The number of fused-ring (bicyclic) bond motifs is 1. The quantitative estimate of drug-likeness (QED) is 0.397. The fourth-order valence-electron chi connectivity index (χ4n) is 5.74. The summed E-state index contributed by atoms with van der Waals surface area (Å²) in [5.41, 5.74) is 1.85.